The molecule has 1 fully saturated rings. The highest BCUT2D eigenvalue weighted by atomic mass is 32.1. The number of carbonyl (C=O) groups is 2. The molecular formula is C24H27F2N5O3S. The van der Waals surface area contributed by atoms with Crippen LogP contribution in [-0.4, -0.2) is 72.5 Å². The van der Waals surface area contributed by atoms with E-state index in [9.17, 15) is 18.4 Å². The predicted octanol–water partition coefficient (Wildman–Crippen LogP) is 3.84. The fourth-order valence-corrected chi connectivity index (χ4v) is 4.70. The van der Waals surface area contributed by atoms with Gasteiger partial charge in [0.15, 0.2) is 5.13 Å². The molecule has 2 aromatic heterocycles. The summed E-state index contributed by atoms with van der Waals surface area (Å²) >= 11 is 1.29. The van der Waals surface area contributed by atoms with Crippen molar-refractivity contribution in [2.45, 2.75) is 26.2 Å². The fourth-order valence-electron chi connectivity index (χ4n) is 3.99. The van der Waals surface area contributed by atoms with E-state index in [0.29, 0.717) is 37.0 Å². The largest absolute Gasteiger partial charge is 0.371 e. The molecule has 2 amide bonds. The molecule has 3 heterocycles. The van der Waals surface area contributed by atoms with Crippen molar-refractivity contribution in [1.82, 2.24) is 14.9 Å². The third-order valence-corrected chi connectivity index (χ3v) is 6.58. The molecule has 1 N–H and O–H groups in total. The second-order valence-electron chi connectivity index (χ2n) is 8.22. The summed E-state index contributed by atoms with van der Waals surface area (Å²) in [7, 11) is 0. The molecule has 4 rings (SSSR count). The van der Waals surface area contributed by atoms with Gasteiger partial charge in [-0.1, -0.05) is 12.2 Å². The Balaban J connectivity index is 1.34. The lowest BCUT2D eigenvalue weighted by Gasteiger charge is -2.35. The number of amides is 2. The van der Waals surface area contributed by atoms with Crippen LogP contribution in [0.1, 0.15) is 35.9 Å². The van der Waals surface area contributed by atoms with E-state index in [0.717, 1.165) is 29.7 Å². The Morgan fingerprint density at radius 3 is 2.63 bits per heavy atom. The van der Waals surface area contributed by atoms with Gasteiger partial charge >= 0.3 is 0 Å². The van der Waals surface area contributed by atoms with Gasteiger partial charge in [-0.15, -0.1) is 11.3 Å². The molecule has 186 valence electrons. The molecule has 2 aromatic rings. The average Bonchev–Trinajstić information content (AvgIpc) is 3.32. The van der Waals surface area contributed by atoms with E-state index in [-0.39, 0.29) is 24.1 Å². The Labute approximate surface area is 206 Å². The number of piperazine rings is 1. The maximum atomic E-state index is 12.7. The van der Waals surface area contributed by atoms with Crippen molar-refractivity contribution in [1.29, 1.82) is 0 Å². The van der Waals surface area contributed by atoms with Crippen molar-refractivity contribution in [2.24, 2.45) is 0 Å². The molecule has 0 aromatic carbocycles. The van der Waals surface area contributed by atoms with Crippen LogP contribution in [-0.2, 0) is 9.53 Å². The maximum Gasteiger partial charge on any atom is 0.276 e. The summed E-state index contributed by atoms with van der Waals surface area (Å²) in [5.41, 5.74) is 3.51. The molecule has 0 spiro atoms. The maximum absolute atomic E-state index is 12.7. The van der Waals surface area contributed by atoms with Crippen LogP contribution in [0.25, 0.3) is 5.57 Å². The first-order chi connectivity index (χ1) is 16.9. The van der Waals surface area contributed by atoms with Crippen LogP contribution in [0.3, 0.4) is 0 Å². The molecule has 0 saturated carbocycles. The van der Waals surface area contributed by atoms with Crippen molar-refractivity contribution < 1.29 is 23.1 Å². The van der Waals surface area contributed by atoms with E-state index in [1.807, 2.05) is 28.5 Å². The van der Waals surface area contributed by atoms with Gasteiger partial charge in [-0.3, -0.25) is 14.9 Å². The number of allylic oxidation sites excluding steroid dienone is 2. The number of thiazole rings is 1. The first-order valence-corrected chi connectivity index (χ1v) is 12.3. The highest BCUT2D eigenvalue weighted by Gasteiger charge is 2.20. The molecule has 1 aliphatic heterocycles. The van der Waals surface area contributed by atoms with Gasteiger partial charge < -0.3 is 14.5 Å². The van der Waals surface area contributed by atoms with Crippen LogP contribution in [0.4, 0.5) is 19.6 Å². The summed E-state index contributed by atoms with van der Waals surface area (Å²) in [5.74, 6) is -0.292. The molecule has 8 nitrogen and oxygen atoms in total. The molecule has 1 saturated heterocycles. The molecule has 0 radical (unpaired) electrons. The Hall–Kier alpha value is -3.18. The minimum absolute atomic E-state index is 0.0761. The van der Waals surface area contributed by atoms with Crippen molar-refractivity contribution in [3.63, 3.8) is 0 Å². The minimum atomic E-state index is -2.51. The monoisotopic (exact) mass is 503 g/mol. The second kappa shape index (κ2) is 11.5. The normalized spacial score (nSPS) is 16.2. The van der Waals surface area contributed by atoms with E-state index in [1.54, 1.807) is 19.2 Å². The second-order valence-corrected chi connectivity index (χ2v) is 9.08. The first-order valence-electron chi connectivity index (χ1n) is 11.4. The lowest BCUT2D eigenvalue weighted by atomic mass is 9.96. The third-order valence-electron chi connectivity index (χ3n) is 5.82. The summed E-state index contributed by atoms with van der Waals surface area (Å²) in [6, 6.07) is 3.52. The van der Waals surface area contributed by atoms with Gasteiger partial charge in [0.05, 0.1) is 24.2 Å². The quantitative estimate of drug-likeness (QED) is 0.589. The molecule has 11 heteroatoms. The summed E-state index contributed by atoms with van der Waals surface area (Å²) in [4.78, 5) is 36.9. The highest BCUT2D eigenvalue weighted by molar-refractivity contribution is 7.14. The predicted molar refractivity (Wildman–Crippen MR) is 131 cm³/mol. The van der Waals surface area contributed by atoms with Crippen molar-refractivity contribution in [3.8, 4) is 0 Å². The molecule has 0 bridgehead atoms. The lowest BCUT2D eigenvalue weighted by Crippen LogP contribution is -2.48. The first kappa shape index (κ1) is 24.9. The zero-order chi connectivity index (χ0) is 24.8. The van der Waals surface area contributed by atoms with E-state index in [4.69, 9.17) is 4.74 Å². The van der Waals surface area contributed by atoms with Crippen LogP contribution in [0.15, 0.2) is 41.4 Å². The molecule has 35 heavy (non-hydrogen) atoms. The van der Waals surface area contributed by atoms with Crippen LogP contribution in [0.5, 0.6) is 0 Å². The minimum Gasteiger partial charge on any atom is -0.371 e. The van der Waals surface area contributed by atoms with Gasteiger partial charge in [0.1, 0.15) is 12.3 Å². The smallest absolute Gasteiger partial charge is 0.276 e. The molecular weight excluding hydrogens is 476 g/mol. The summed E-state index contributed by atoms with van der Waals surface area (Å²) in [5, 5.41) is 5.03. The number of nitrogens with one attached hydrogen (secondary N) is 1. The number of anilines is 2. The SMILES string of the molecule is CC(=O)N1CCN(c2ccc(C(=O)Nc3nc(C4=CCCC=C4COCC(F)F)cs3)nc2)CC1. The number of carbonyl (C=O) groups excluding carboxylic acids is 2. The zero-order valence-electron chi connectivity index (χ0n) is 19.4. The van der Waals surface area contributed by atoms with Crippen LogP contribution in [0, 0.1) is 0 Å². The van der Waals surface area contributed by atoms with Gasteiger partial charge in [-0.05, 0) is 30.5 Å². The number of pyridine rings is 1. The number of rotatable bonds is 8. The van der Waals surface area contributed by atoms with E-state index in [2.05, 4.69) is 20.2 Å². The Morgan fingerprint density at radius 2 is 1.94 bits per heavy atom. The van der Waals surface area contributed by atoms with Crippen molar-refractivity contribution in [3.05, 3.63) is 52.8 Å². The number of hydrogen-bond donors (Lipinski definition) is 1. The number of hydrogen-bond acceptors (Lipinski definition) is 7. The summed E-state index contributed by atoms with van der Waals surface area (Å²) in [6.45, 7) is 3.82. The molecule has 1 aliphatic carbocycles. The van der Waals surface area contributed by atoms with E-state index < -0.39 is 13.0 Å². The number of nitrogens with zero attached hydrogens (tertiary/aromatic N) is 4. The zero-order valence-corrected chi connectivity index (χ0v) is 20.2. The van der Waals surface area contributed by atoms with Crippen LogP contribution >= 0.6 is 11.3 Å². The standard InChI is InChI=1S/C24H27F2N5O3S/c1-16(32)30-8-10-31(11-9-30)18-6-7-20(27-12-18)23(33)29-24-28-21(15-35-24)19-5-3-2-4-17(19)13-34-14-22(25)26/h4-7,12,15,22H,2-3,8-11,13-14H2,1H3,(H,28,29,33). The lowest BCUT2D eigenvalue weighted by molar-refractivity contribution is -0.129. The summed E-state index contributed by atoms with van der Waals surface area (Å²) in [6.07, 6.45) is 4.79. The van der Waals surface area contributed by atoms with Crippen LogP contribution < -0.4 is 10.2 Å². The Kier molecular flexibility index (Phi) is 8.19. The average molecular weight is 504 g/mol. The summed E-state index contributed by atoms with van der Waals surface area (Å²) < 4.78 is 29.9. The topological polar surface area (TPSA) is 87.7 Å². The molecule has 0 atom stereocenters. The van der Waals surface area contributed by atoms with Crippen molar-refractivity contribution in [2.75, 3.05) is 49.6 Å². The number of halogens is 2. The van der Waals surface area contributed by atoms with Gasteiger partial charge in [-0.2, -0.15) is 0 Å². The highest BCUT2D eigenvalue weighted by Crippen LogP contribution is 2.31. The van der Waals surface area contributed by atoms with Gasteiger partial charge in [-0.25, -0.2) is 18.7 Å². The molecule has 2 aliphatic rings. The number of alkyl halides is 2. The third kappa shape index (κ3) is 6.49. The molecule has 0 unspecified atom stereocenters. The number of aromatic nitrogens is 2. The Morgan fingerprint density at radius 1 is 1.17 bits per heavy atom. The van der Waals surface area contributed by atoms with Gasteiger partial charge in [0.25, 0.3) is 12.3 Å². The van der Waals surface area contributed by atoms with E-state index >= 15 is 0 Å². The fraction of sp³-hybridized carbons (Fsp3) is 0.417. The van der Waals surface area contributed by atoms with Crippen LogP contribution in [0.2, 0.25) is 0 Å². The van der Waals surface area contributed by atoms with E-state index in [1.165, 1.54) is 11.3 Å². The number of ether oxygens (including phenoxy) is 1. The van der Waals surface area contributed by atoms with Crippen molar-refractivity contribution >= 4 is 39.5 Å². The Bertz CT molecular complexity index is 1110. The van der Waals surface area contributed by atoms with Gasteiger partial charge in [0, 0.05) is 44.1 Å². The van der Waals surface area contributed by atoms with Gasteiger partial charge in [0.2, 0.25) is 5.91 Å².